The van der Waals surface area contributed by atoms with Crippen LogP contribution in [0.25, 0.3) is 0 Å². The van der Waals surface area contributed by atoms with Crippen LogP contribution in [-0.2, 0) is 0 Å². The highest BCUT2D eigenvalue weighted by Gasteiger charge is 2.31. The summed E-state index contributed by atoms with van der Waals surface area (Å²) >= 11 is 3.25. The molecule has 3 heterocycles. The lowest BCUT2D eigenvalue weighted by atomic mass is 10.0. The van der Waals surface area contributed by atoms with E-state index in [4.69, 9.17) is 4.42 Å². The molecule has 0 spiro atoms. The SMILES string of the molecule is O=C(c1ccoc1Br)N1CCCC[C@H]1c1ncn[nH]1. The van der Waals surface area contributed by atoms with Crippen LogP contribution in [0, 0.1) is 0 Å². The van der Waals surface area contributed by atoms with Crippen LogP contribution in [-0.4, -0.2) is 32.5 Å². The number of rotatable bonds is 2. The third-order valence-corrected chi connectivity index (χ3v) is 3.98. The molecule has 0 aliphatic carbocycles. The van der Waals surface area contributed by atoms with Crippen LogP contribution in [0.2, 0.25) is 0 Å². The van der Waals surface area contributed by atoms with Crippen molar-refractivity contribution in [3.63, 3.8) is 0 Å². The van der Waals surface area contributed by atoms with Gasteiger partial charge in [0.1, 0.15) is 12.2 Å². The molecular formula is C12H13BrN4O2. The summed E-state index contributed by atoms with van der Waals surface area (Å²) in [6.45, 7) is 0.724. The second kappa shape index (κ2) is 5.16. The normalized spacial score (nSPS) is 19.6. The predicted molar refractivity (Wildman–Crippen MR) is 70.4 cm³/mol. The standard InChI is InChI=1S/C12H13BrN4O2/c13-10-8(4-6-19-10)12(18)17-5-2-1-3-9(17)11-14-7-15-16-11/h4,6-7,9H,1-3,5H2,(H,14,15,16)/t9-/m0/s1. The van der Waals surface area contributed by atoms with Gasteiger partial charge in [0.15, 0.2) is 4.67 Å². The van der Waals surface area contributed by atoms with Crippen molar-refractivity contribution in [3.05, 3.63) is 34.7 Å². The highest BCUT2D eigenvalue weighted by atomic mass is 79.9. The molecule has 0 radical (unpaired) electrons. The number of nitrogens with zero attached hydrogens (tertiary/aromatic N) is 3. The fourth-order valence-corrected chi connectivity index (χ4v) is 2.84. The number of aromatic amines is 1. The number of furan rings is 1. The van der Waals surface area contributed by atoms with Crippen molar-refractivity contribution in [3.8, 4) is 0 Å². The quantitative estimate of drug-likeness (QED) is 0.921. The topological polar surface area (TPSA) is 75.0 Å². The number of piperidine rings is 1. The fourth-order valence-electron chi connectivity index (χ4n) is 2.44. The minimum atomic E-state index is -0.0401. The molecule has 0 bridgehead atoms. The van der Waals surface area contributed by atoms with Gasteiger partial charge in [0.25, 0.3) is 5.91 Å². The molecule has 1 aliphatic rings. The van der Waals surface area contributed by atoms with Gasteiger partial charge in [-0.25, -0.2) is 4.98 Å². The van der Waals surface area contributed by atoms with Crippen LogP contribution in [0.5, 0.6) is 0 Å². The summed E-state index contributed by atoms with van der Waals surface area (Å²) in [5.74, 6) is 0.703. The van der Waals surface area contributed by atoms with E-state index < -0.39 is 0 Å². The molecule has 1 N–H and O–H groups in total. The van der Waals surface area contributed by atoms with E-state index in [0.29, 0.717) is 10.2 Å². The van der Waals surface area contributed by atoms with Crippen molar-refractivity contribution in [2.75, 3.05) is 6.54 Å². The molecule has 100 valence electrons. The van der Waals surface area contributed by atoms with E-state index in [2.05, 4.69) is 31.1 Å². The van der Waals surface area contributed by atoms with Gasteiger partial charge in [-0.1, -0.05) is 0 Å². The maximum Gasteiger partial charge on any atom is 0.258 e. The molecule has 2 aromatic heterocycles. The molecule has 1 fully saturated rings. The molecular weight excluding hydrogens is 312 g/mol. The van der Waals surface area contributed by atoms with E-state index in [1.807, 2.05) is 4.90 Å². The summed E-state index contributed by atoms with van der Waals surface area (Å²) in [6, 6.07) is 1.64. The number of halogens is 1. The molecule has 1 aliphatic heterocycles. The van der Waals surface area contributed by atoms with Crippen LogP contribution in [0.15, 0.2) is 27.7 Å². The number of aromatic nitrogens is 3. The molecule has 1 saturated heterocycles. The Morgan fingerprint density at radius 3 is 3.11 bits per heavy atom. The zero-order chi connectivity index (χ0) is 13.2. The van der Waals surface area contributed by atoms with Crippen molar-refractivity contribution >= 4 is 21.8 Å². The maximum atomic E-state index is 12.6. The first-order valence-electron chi connectivity index (χ1n) is 6.16. The number of amides is 1. The number of likely N-dealkylation sites (tertiary alicyclic amines) is 1. The largest absolute Gasteiger partial charge is 0.457 e. The summed E-state index contributed by atoms with van der Waals surface area (Å²) < 4.78 is 5.61. The van der Waals surface area contributed by atoms with Crippen molar-refractivity contribution in [1.29, 1.82) is 0 Å². The minimum Gasteiger partial charge on any atom is -0.457 e. The van der Waals surface area contributed by atoms with Crippen LogP contribution in [0.3, 0.4) is 0 Å². The Kier molecular flexibility index (Phi) is 3.37. The number of carbonyl (C=O) groups excluding carboxylic acids is 1. The lowest BCUT2D eigenvalue weighted by Crippen LogP contribution is -2.39. The number of nitrogens with one attached hydrogen (secondary N) is 1. The van der Waals surface area contributed by atoms with E-state index in [1.165, 1.54) is 12.6 Å². The third-order valence-electron chi connectivity index (χ3n) is 3.36. The Balaban J connectivity index is 1.89. The van der Waals surface area contributed by atoms with Crippen molar-refractivity contribution in [1.82, 2.24) is 20.1 Å². The van der Waals surface area contributed by atoms with E-state index in [9.17, 15) is 4.79 Å². The Bertz CT molecular complexity index is 566. The Morgan fingerprint density at radius 1 is 1.53 bits per heavy atom. The first kappa shape index (κ1) is 12.4. The predicted octanol–water partition coefficient (Wildman–Crippen LogP) is 2.53. The molecule has 7 heteroatoms. The molecule has 6 nitrogen and oxygen atoms in total. The Morgan fingerprint density at radius 2 is 2.42 bits per heavy atom. The molecule has 19 heavy (non-hydrogen) atoms. The van der Waals surface area contributed by atoms with Crippen LogP contribution < -0.4 is 0 Å². The van der Waals surface area contributed by atoms with Crippen LogP contribution in [0.1, 0.15) is 41.5 Å². The second-order valence-corrected chi connectivity index (χ2v) is 5.21. The Labute approximate surface area is 118 Å². The van der Waals surface area contributed by atoms with E-state index >= 15 is 0 Å². The minimum absolute atomic E-state index is 0.0365. The van der Waals surface area contributed by atoms with Crippen molar-refractivity contribution in [2.45, 2.75) is 25.3 Å². The monoisotopic (exact) mass is 324 g/mol. The summed E-state index contributed by atoms with van der Waals surface area (Å²) in [7, 11) is 0. The second-order valence-electron chi connectivity index (χ2n) is 4.49. The summed E-state index contributed by atoms with van der Waals surface area (Å²) in [6.07, 6.45) is 5.97. The average Bonchev–Trinajstić information content (AvgIpc) is 3.09. The number of H-pyrrole nitrogens is 1. The van der Waals surface area contributed by atoms with Gasteiger partial charge in [0.05, 0.1) is 17.9 Å². The van der Waals surface area contributed by atoms with Gasteiger partial charge in [0, 0.05) is 6.54 Å². The lowest BCUT2D eigenvalue weighted by Gasteiger charge is -2.34. The van der Waals surface area contributed by atoms with Crippen molar-refractivity contribution < 1.29 is 9.21 Å². The highest BCUT2D eigenvalue weighted by Crippen LogP contribution is 2.31. The maximum absolute atomic E-state index is 12.6. The number of carbonyl (C=O) groups is 1. The molecule has 0 aromatic carbocycles. The van der Waals surface area contributed by atoms with Gasteiger partial charge in [-0.2, -0.15) is 5.10 Å². The zero-order valence-electron chi connectivity index (χ0n) is 10.2. The first-order valence-corrected chi connectivity index (χ1v) is 6.96. The molecule has 1 amide bonds. The molecule has 2 aromatic rings. The number of hydrogen-bond acceptors (Lipinski definition) is 4. The molecule has 1 atom stereocenters. The van der Waals surface area contributed by atoms with Crippen LogP contribution in [0.4, 0.5) is 0 Å². The number of hydrogen-bond donors (Lipinski definition) is 1. The lowest BCUT2D eigenvalue weighted by molar-refractivity contribution is 0.0598. The fraction of sp³-hybridized carbons (Fsp3) is 0.417. The van der Waals surface area contributed by atoms with Gasteiger partial charge >= 0.3 is 0 Å². The van der Waals surface area contributed by atoms with Gasteiger partial charge < -0.3 is 9.32 Å². The first-order chi connectivity index (χ1) is 9.27. The van der Waals surface area contributed by atoms with Crippen molar-refractivity contribution in [2.24, 2.45) is 0 Å². The summed E-state index contributed by atoms with van der Waals surface area (Å²) in [5.41, 5.74) is 0.548. The smallest absolute Gasteiger partial charge is 0.258 e. The Hall–Kier alpha value is -1.63. The zero-order valence-corrected chi connectivity index (χ0v) is 11.8. The van der Waals surface area contributed by atoms with Crippen LogP contribution >= 0.6 is 15.9 Å². The van der Waals surface area contributed by atoms with E-state index in [-0.39, 0.29) is 11.9 Å². The third kappa shape index (κ3) is 2.30. The van der Waals surface area contributed by atoms with Gasteiger partial charge in [-0.05, 0) is 41.3 Å². The molecule has 0 unspecified atom stereocenters. The molecule has 3 rings (SSSR count). The highest BCUT2D eigenvalue weighted by molar-refractivity contribution is 9.10. The van der Waals surface area contributed by atoms with E-state index in [0.717, 1.165) is 31.6 Å². The average molecular weight is 325 g/mol. The summed E-state index contributed by atoms with van der Waals surface area (Å²) in [4.78, 5) is 18.6. The molecule has 0 saturated carbocycles. The van der Waals surface area contributed by atoms with Gasteiger partial charge in [0.2, 0.25) is 0 Å². The van der Waals surface area contributed by atoms with E-state index in [1.54, 1.807) is 6.07 Å². The van der Waals surface area contributed by atoms with Gasteiger partial charge in [-0.3, -0.25) is 9.89 Å². The summed E-state index contributed by atoms with van der Waals surface area (Å²) in [5, 5.41) is 6.73. The van der Waals surface area contributed by atoms with Gasteiger partial charge in [-0.15, -0.1) is 0 Å².